The second-order valence-corrected chi connectivity index (χ2v) is 4.95. The van der Waals surface area contributed by atoms with Gasteiger partial charge in [-0.25, -0.2) is 0 Å². The Hall–Kier alpha value is -1.02. The molecule has 0 bridgehead atoms. The molecule has 17 heavy (non-hydrogen) atoms. The van der Waals surface area contributed by atoms with Crippen molar-refractivity contribution in [1.29, 1.82) is 0 Å². The number of benzene rings is 1. The van der Waals surface area contributed by atoms with Crippen LogP contribution in [0.4, 0.5) is 0 Å². The molecular formula is C15H21O2. The van der Waals surface area contributed by atoms with Gasteiger partial charge in [0.25, 0.3) is 0 Å². The van der Waals surface area contributed by atoms with Gasteiger partial charge in [-0.3, -0.25) is 0 Å². The Morgan fingerprint density at radius 3 is 2.76 bits per heavy atom. The number of rotatable bonds is 4. The van der Waals surface area contributed by atoms with E-state index in [2.05, 4.69) is 13.0 Å². The molecule has 1 atom stereocenters. The fourth-order valence-electron chi connectivity index (χ4n) is 2.69. The molecule has 1 aliphatic carbocycles. The molecule has 0 fully saturated rings. The lowest BCUT2D eigenvalue weighted by molar-refractivity contribution is 0.207. The highest BCUT2D eigenvalue weighted by Crippen LogP contribution is 2.31. The van der Waals surface area contributed by atoms with Crippen LogP contribution in [0.3, 0.4) is 0 Å². The third-order valence-electron chi connectivity index (χ3n) is 3.59. The molecular weight excluding hydrogens is 212 g/mol. The molecule has 0 aliphatic heterocycles. The van der Waals surface area contributed by atoms with Crippen LogP contribution in [0.15, 0.2) is 12.1 Å². The summed E-state index contributed by atoms with van der Waals surface area (Å²) in [4.78, 5) is 0. The minimum Gasteiger partial charge on any atom is -0.508 e. The SMILES string of the molecule is [CH2][C@H](O)CCCc1c(O)ccc2c1CCCC2. The average molecular weight is 233 g/mol. The van der Waals surface area contributed by atoms with Gasteiger partial charge >= 0.3 is 0 Å². The summed E-state index contributed by atoms with van der Waals surface area (Å²) in [5.41, 5.74) is 3.86. The van der Waals surface area contributed by atoms with Crippen LogP contribution >= 0.6 is 0 Å². The summed E-state index contributed by atoms with van der Waals surface area (Å²) >= 11 is 0. The average Bonchev–Trinajstić information content (AvgIpc) is 2.32. The van der Waals surface area contributed by atoms with Crippen molar-refractivity contribution < 1.29 is 10.2 Å². The lowest BCUT2D eigenvalue weighted by Gasteiger charge is -2.20. The van der Waals surface area contributed by atoms with Crippen LogP contribution in [-0.2, 0) is 19.3 Å². The highest BCUT2D eigenvalue weighted by Gasteiger charge is 2.16. The van der Waals surface area contributed by atoms with Crippen LogP contribution in [0.1, 0.15) is 42.4 Å². The topological polar surface area (TPSA) is 40.5 Å². The fourth-order valence-corrected chi connectivity index (χ4v) is 2.69. The maximum absolute atomic E-state index is 9.95. The quantitative estimate of drug-likeness (QED) is 0.839. The maximum atomic E-state index is 9.95. The van der Waals surface area contributed by atoms with Crippen molar-refractivity contribution in [2.45, 2.75) is 51.0 Å². The lowest BCUT2D eigenvalue weighted by Crippen LogP contribution is -2.08. The molecule has 0 amide bonds. The summed E-state index contributed by atoms with van der Waals surface area (Å²) in [6.45, 7) is 3.57. The van der Waals surface area contributed by atoms with Crippen molar-refractivity contribution in [1.82, 2.24) is 0 Å². The number of aromatic hydroxyl groups is 1. The van der Waals surface area contributed by atoms with Crippen molar-refractivity contribution in [2.75, 3.05) is 0 Å². The normalized spacial score (nSPS) is 16.6. The van der Waals surface area contributed by atoms with Gasteiger partial charge in [0.05, 0.1) is 6.10 Å². The number of hydrogen-bond acceptors (Lipinski definition) is 2. The Kier molecular flexibility index (Phi) is 4.06. The molecule has 0 saturated heterocycles. The minimum atomic E-state index is -0.489. The second kappa shape index (κ2) is 5.54. The molecule has 0 heterocycles. The van der Waals surface area contributed by atoms with E-state index in [-0.39, 0.29) is 0 Å². The van der Waals surface area contributed by atoms with Crippen LogP contribution in [0.25, 0.3) is 0 Å². The number of fused-ring (bicyclic) bond motifs is 1. The largest absolute Gasteiger partial charge is 0.508 e. The Bertz CT molecular complexity index is 383. The van der Waals surface area contributed by atoms with Gasteiger partial charge in [-0.15, -0.1) is 0 Å². The maximum Gasteiger partial charge on any atom is 0.119 e. The zero-order chi connectivity index (χ0) is 12.3. The van der Waals surface area contributed by atoms with Gasteiger partial charge < -0.3 is 10.2 Å². The van der Waals surface area contributed by atoms with Gasteiger partial charge in [0.15, 0.2) is 0 Å². The summed E-state index contributed by atoms with van der Waals surface area (Å²) in [6, 6.07) is 3.88. The smallest absolute Gasteiger partial charge is 0.119 e. The zero-order valence-corrected chi connectivity index (χ0v) is 10.3. The molecule has 1 aromatic carbocycles. The first-order chi connectivity index (χ1) is 8.18. The molecule has 1 aliphatic rings. The number of aliphatic hydroxyl groups is 1. The predicted molar refractivity (Wildman–Crippen MR) is 69.1 cm³/mol. The molecule has 0 saturated carbocycles. The molecule has 1 radical (unpaired) electrons. The number of phenols is 1. The van der Waals surface area contributed by atoms with Crippen molar-refractivity contribution in [3.63, 3.8) is 0 Å². The highest BCUT2D eigenvalue weighted by atomic mass is 16.3. The van der Waals surface area contributed by atoms with E-state index < -0.39 is 6.10 Å². The Morgan fingerprint density at radius 1 is 1.24 bits per heavy atom. The Labute approximate surface area is 103 Å². The standard InChI is InChI=1S/C15H21O2/c1-11(16)5-4-8-14-13-7-3-2-6-12(13)9-10-15(14)17/h9-11,16-17H,1-8H2/t11-/m0/s1. The van der Waals surface area contributed by atoms with E-state index in [1.165, 1.54) is 24.0 Å². The summed E-state index contributed by atoms with van der Waals surface area (Å²) in [7, 11) is 0. The molecule has 2 N–H and O–H groups in total. The number of hydrogen-bond donors (Lipinski definition) is 2. The molecule has 2 nitrogen and oxygen atoms in total. The first-order valence-corrected chi connectivity index (χ1v) is 6.52. The molecule has 93 valence electrons. The third-order valence-corrected chi connectivity index (χ3v) is 3.59. The summed E-state index contributed by atoms with van der Waals surface area (Å²) in [5.74, 6) is 0.421. The van der Waals surface area contributed by atoms with E-state index in [4.69, 9.17) is 5.11 Å². The van der Waals surface area contributed by atoms with Crippen molar-refractivity contribution >= 4 is 0 Å². The van der Waals surface area contributed by atoms with E-state index in [1.807, 2.05) is 6.07 Å². The van der Waals surface area contributed by atoms with Gasteiger partial charge in [-0.05, 0) is 74.6 Å². The minimum absolute atomic E-state index is 0.421. The summed E-state index contributed by atoms with van der Waals surface area (Å²) in [5, 5.41) is 19.1. The number of phenolic OH excluding ortho intramolecular Hbond substituents is 1. The molecule has 2 heteroatoms. The molecule has 0 spiro atoms. The number of aliphatic hydroxyl groups excluding tert-OH is 1. The van der Waals surface area contributed by atoms with Gasteiger partial charge in [0, 0.05) is 0 Å². The van der Waals surface area contributed by atoms with Crippen LogP contribution in [0, 0.1) is 6.92 Å². The monoisotopic (exact) mass is 233 g/mol. The van der Waals surface area contributed by atoms with Crippen molar-refractivity contribution in [3.8, 4) is 5.75 Å². The zero-order valence-electron chi connectivity index (χ0n) is 10.3. The molecule has 1 aromatic rings. The fraction of sp³-hybridized carbons (Fsp3) is 0.533. The first kappa shape index (κ1) is 12.4. The van der Waals surface area contributed by atoms with E-state index in [0.29, 0.717) is 12.2 Å². The van der Waals surface area contributed by atoms with Gasteiger partial charge in [0.1, 0.15) is 5.75 Å². The van der Waals surface area contributed by atoms with E-state index in [1.54, 1.807) is 0 Å². The van der Waals surface area contributed by atoms with Gasteiger partial charge in [0.2, 0.25) is 0 Å². The van der Waals surface area contributed by atoms with Crippen LogP contribution in [0.2, 0.25) is 0 Å². The number of aryl methyl sites for hydroxylation is 1. The van der Waals surface area contributed by atoms with Crippen LogP contribution in [0.5, 0.6) is 5.75 Å². The Morgan fingerprint density at radius 2 is 2.00 bits per heavy atom. The lowest BCUT2D eigenvalue weighted by atomic mass is 9.86. The van der Waals surface area contributed by atoms with Crippen molar-refractivity contribution in [3.05, 3.63) is 35.7 Å². The molecule has 0 unspecified atom stereocenters. The summed E-state index contributed by atoms with van der Waals surface area (Å²) in [6.07, 6.45) is 6.65. The van der Waals surface area contributed by atoms with E-state index in [0.717, 1.165) is 31.2 Å². The van der Waals surface area contributed by atoms with Gasteiger partial charge in [-0.2, -0.15) is 0 Å². The second-order valence-electron chi connectivity index (χ2n) is 4.95. The molecule has 2 rings (SSSR count). The van der Waals surface area contributed by atoms with Crippen LogP contribution < -0.4 is 0 Å². The van der Waals surface area contributed by atoms with E-state index in [9.17, 15) is 5.11 Å². The predicted octanol–water partition coefficient (Wildman–Crippen LogP) is 2.79. The highest BCUT2D eigenvalue weighted by molar-refractivity contribution is 5.45. The third kappa shape index (κ3) is 3.01. The Balaban J connectivity index is 2.14. The molecule has 0 aromatic heterocycles. The van der Waals surface area contributed by atoms with Crippen LogP contribution in [-0.4, -0.2) is 16.3 Å². The first-order valence-electron chi connectivity index (χ1n) is 6.52. The van der Waals surface area contributed by atoms with E-state index >= 15 is 0 Å². The van der Waals surface area contributed by atoms with Crippen molar-refractivity contribution in [2.24, 2.45) is 0 Å². The summed E-state index contributed by atoms with van der Waals surface area (Å²) < 4.78 is 0. The van der Waals surface area contributed by atoms with Gasteiger partial charge in [-0.1, -0.05) is 6.07 Å².